The van der Waals surface area contributed by atoms with Crippen molar-refractivity contribution in [1.82, 2.24) is 5.32 Å². The van der Waals surface area contributed by atoms with E-state index in [1.165, 1.54) is 13.5 Å². The van der Waals surface area contributed by atoms with Gasteiger partial charge in [0, 0.05) is 6.04 Å². The number of hydrogen-bond acceptors (Lipinski definition) is 6. The molecule has 6 nitrogen and oxygen atoms in total. The van der Waals surface area contributed by atoms with E-state index in [9.17, 15) is 9.67 Å². The van der Waals surface area contributed by atoms with Crippen LogP contribution in [0.2, 0.25) is 0 Å². The molecule has 1 aliphatic carbocycles. The van der Waals surface area contributed by atoms with Crippen LogP contribution < -0.4 is 10.1 Å². The lowest BCUT2D eigenvalue weighted by Gasteiger charge is -2.32. The first-order valence-corrected chi connectivity index (χ1v) is 10.7. The molecule has 0 bridgehead atoms. The summed E-state index contributed by atoms with van der Waals surface area (Å²) < 4.78 is 29.9. The molecule has 2 rings (SSSR count). The molecule has 142 valence electrons. The van der Waals surface area contributed by atoms with Gasteiger partial charge in [-0.15, -0.1) is 0 Å². The van der Waals surface area contributed by atoms with Crippen molar-refractivity contribution < 1.29 is 23.5 Å². The van der Waals surface area contributed by atoms with Gasteiger partial charge < -0.3 is 18.9 Å². The van der Waals surface area contributed by atoms with Crippen molar-refractivity contribution in [2.75, 3.05) is 20.3 Å². The lowest BCUT2D eigenvalue weighted by Crippen LogP contribution is -2.35. The van der Waals surface area contributed by atoms with E-state index in [1.54, 1.807) is 32.0 Å². The number of aromatic hydroxyl groups is 1. The molecule has 0 saturated heterocycles. The highest BCUT2D eigenvalue weighted by Gasteiger charge is 2.38. The van der Waals surface area contributed by atoms with Crippen LogP contribution in [-0.2, 0) is 13.6 Å². The third kappa shape index (κ3) is 5.20. The molecule has 0 heterocycles. The van der Waals surface area contributed by atoms with Crippen molar-refractivity contribution in [3.8, 4) is 11.5 Å². The summed E-state index contributed by atoms with van der Waals surface area (Å²) in [6, 6.07) is 5.25. The molecule has 0 aromatic heterocycles. The van der Waals surface area contributed by atoms with Crippen LogP contribution in [0.1, 0.15) is 57.3 Å². The molecular weight excluding hydrogens is 341 g/mol. The molecule has 7 heteroatoms. The Morgan fingerprint density at radius 3 is 2.40 bits per heavy atom. The standard InChI is InChI=1S/C18H30NO5P/c1-4-23-25(21,24-5-2)18(19-15-9-7-6-8-10-15)14-11-12-16(20)17(13-14)22-3/h11-13,15,18-20H,4-10H2,1-3H3. The molecule has 0 radical (unpaired) electrons. The van der Waals surface area contributed by atoms with Gasteiger partial charge in [-0.1, -0.05) is 25.3 Å². The zero-order valence-electron chi connectivity index (χ0n) is 15.4. The third-order valence-electron chi connectivity index (χ3n) is 4.45. The normalized spacial score (nSPS) is 17.4. The number of phenols is 1. The Kier molecular flexibility index (Phi) is 7.76. The summed E-state index contributed by atoms with van der Waals surface area (Å²) in [5.41, 5.74) is 0.727. The Labute approximate surface area is 150 Å². The molecule has 1 atom stereocenters. The minimum atomic E-state index is -3.41. The zero-order chi connectivity index (χ0) is 18.3. The van der Waals surface area contributed by atoms with E-state index in [0.717, 1.165) is 31.2 Å². The molecule has 1 aliphatic rings. The summed E-state index contributed by atoms with van der Waals surface area (Å²) in [6.07, 6.45) is 5.66. The molecular formula is C18H30NO5P. The monoisotopic (exact) mass is 371 g/mol. The van der Waals surface area contributed by atoms with Gasteiger partial charge in [0.2, 0.25) is 0 Å². The Balaban J connectivity index is 2.37. The lowest BCUT2D eigenvalue weighted by molar-refractivity contribution is 0.202. The number of ether oxygens (including phenoxy) is 1. The predicted molar refractivity (Wildman–Crippen MR) is 98.3 cm³/mol. The van der Waals surface area contributed by atoms with E-state index in [4.69, 9.17) is 13.8 Å². The topological polar surface area (TPSA) is 77.0 Å². The number of methoxy groups -OCH3 is 1. The van der Waals surface area contributed by atoms with Crippen molar-refractivity contribution in [2.24, 2.45) is 0 Å². The quantitative estimate of drug-likeness (QED) is 0.619. The molecule has 0 amide bonds. The second kappa shape index (κ2) is 9.58. The molecule has 1 fully saturated rings. The van der Waals surface area contributed by atoms with Crippen LogP contribution in [0.3, 0.4) is 0 Å². The Bertz CT molecular complexity index is 579. The molecule has 1 saturated carbocycles. The second-order valence-corrected chi connectivity index (χ2v) is 8.32. The smallest absolute Gasteiger partial charge is 0.351 e. The van der Waals surface area contributed by atoms with Gasteiger partial charge in [0.1, 0.15) is 5.78 Å². The highest BCUT2D eigenvalue weighted by Crippen LogP contribution is 2.60. The lowest BCUT2D eigenvalue weighted by atomic mass is 9.95. The summed E-state index contributed by atoms with van der Waals surface area (Å²) in [6.45, 7) is 4.21. The fourth-order valence-electron chi connectivity index (χ4n) is 3.27. The second-order valence-electron chi connectivity index (χ2n) is 6.21. The largest absolute Gasteiger partial charge is 0.504 e. The van der Waals surface area contributed by atoms with Crippen LogP contribution in [-0.4, -0.2) is 31.5 Å². The SMILES string of the molecule is CCOP(=O)(OCC)C(NC1CCCCC1)c1ccc(O)c(OC)c1. The summed E-state index contributed by atoms with van der Waals surface area (Å²) in [5, 5.41) is 13.4. The van der Waals surface area contributed by atoms with Crippen molar-refractivity contribution >= 4 is 7.60 Å². The van der Waals surface area contributed by atoms with Gasteiger partial charge in [-0.2, -0.15) is 0 Å². The molecule has 0 spiro atoms. The van der Waals surface area contributed by atoms with E-state index in [1.807, 2.05) is 0 Å². The number of hydrogen-bond donors (Lipinski definition) is 2. The highest BCUT2D eigenvalue weighted by atomic mass is 31.2. The Hall–Kier alpha value is -1.07. The molecule has 0 aliphatic heterocycles. The van der Waals surface area contributed by atoms with E-state index >= 15 is 0 Å². The van der Waals surface area contributed by atoms with E-state index < -0.39 is 13.4 Å². The maximum absolute atomic E-state index is 13.5. The van der Waals surface area contributed by atoms with Gasteiger partial charge in [-0.3, -0.25) is 9.88 Å². The summed E-state index contributed by atoms with van der Waals surface area (Å²) in [4.78, 5) is 0. The van der Waals surface area contributed by atoms with Crippen LogP contribution >= 0.6 is 7.60 Å². The van der Waals surface area contributed by atoms with E-state index in [2.05, 4.69) is 5.32 Å². The van der Waals surface area contributed by atoms with Gasteiger partial charge in [-0.05, 0) is 44.4 Å². The summed E-state index contributed by atoms with van der Waals surface area (Å²) >= 11 is 0. The number of nitrogens with one attached hydrogen (secondary N) is 1. The number of benzene rings is 1. The molecule has 1 aromatic rings. The van der Waals surface area contributed by atoms with Crippen LogP contribution in [0.15, 0.2) is 18.2 Å². The van der Waals surface area contributed by atoms with Crippen molar-refractivity contribution in [3.05, 3.63) is 23.8 Å². The fraction of sp³-hybridized carbons (Fsp3) is 0.667. The van der Waals surface area contributed by atoms with E-state index in [0.29, 0.717) is 19.0 Å². The number of phenolic OH excluding ortho intramolecular Hbond substituents is 1. The van der Waals surface area contributed by atoms with Crippen LogP contribution in [0.25, 0.3) is 0 Å². The number of rotatable bonds is 9. The van der Waals surface area contributed by atoms with Gasteiger partial charge in [0.05, 0.1) is 20.3 Å². The first-order valence-electron chi connectivity index (χ1n) is 9.05. The maximum atomic E-state index is 13.5. The molecule has 25 heavy (non-hydrogen) atoms. The summed E-state index contributed by atoms with van der Waals surface area (Å²) in [7, 11) is -1.92. The minimum absolute atomic E-state index is 0.0466. The summed E-state index contributed by atoms with van der Waals surface area (Å²) in [5.74, 6) is -0.206. The maximum Gasteiger partial charge on any atom is 0.351 e. The fourth-order valence-corrected chi connectivity index (χ4v) is 5.28. The molecule has 1 unspecified atom stereocenters. The Morgan fingerprint density at radius 2 is 1.84 bits per heavy atom. The van der Waals surface area contributed by atoms with Crippen molar-refractivity contribution in [2.45, 2.75) is 57.8 Å². The third-order valence-corrected chi connectivity index (χ3v) is 6.77. The van der Waals surface area contributed by atoms with Crippen LogP contribution in [0.5, 0.6) is 11.5 Å². The van der Waals surface area contributed by atoms with Gasteiger partial charge in [-0.25, -0.2) is 0 Å². The molecule has 1 aromatic carbocycles. The van der Waals surface area contributed by atoms with Crippen molar-refractivity contribution in [1.29, 1.82) is 0 Å². The van der Waals surface area contributed by atoms with E-state index in [-0.39, 0.29) is 11.8 Å². The first-order chi connectivity index (χ1) is 12.0. The van der Waals surface area contributed by atoms with Gasteiger partial charge in [0.15, 0.2) is 11.5 Å². The highest BCUT2D eigenvalue weighted by molar-refractivity contribution is 7.54. The van der Waals surface area contributed by atoms with Gasteiger partial charge in [0.25, 0.3) is 0 Å². The van der Waals surface area contributed by atoms with Crippen LogP contribution in [0.4, 0.5) is 0 Å². The average Bonchev–Trinajstić information content (AvgIpc) is 2.61. The predicted octanol–water partition coefficient (Wildman–Crippen LogP) is 4.59. The minimum Gasteiger partial charge on any atom is -0.504 e. The van der Waals surface area contributed by atoms with Crippen LogP contribution in [0, 0.1) is 0 Å². The first kappa shape index (κ1) is 20.2. The Morgan fingerprint density at radius 1 is 1.20 bits per heavy atom. The van der Waals surface area contributed by atoms with Crippen molar-refractivity contribution in [3.63, 3.8) is 0 Å². The van der Waals surface area contributed by atoms with Gasteiger partial charge >= 0.3 is 7.60 Å². The average molecular weight is 371 g/mol. The zero-order valence-corrected chi connectivity index (χ0v) is 16.3. The molecule has 2 N–H and O–H groups in total.